The van der Waals surface area contributed by atoms with Crippen LogP contribution in [0, 0.1) is 0 Å². The van der Waals surface area contributed by atoms with Gasteiger partial charge in [0, 0.05) is 25.7 Å². The summed E-state index contributed by atoms with van der Waals surface area (Å²) in [5.41, 5.74) is 0.699. The third kappa shape index (κ3) is 3.61. The van der Waals surface area contributed by atoms with Crippen molar-refractivity contribution in [1.82, 2.24) is 9.80 Å². The van der Waals surface area contributed by atoms with Crippen molar-refractivity contribution in [3.8, 4) is 11.5 Å². The first-order valence-electron chi connectivity index (χ1n) is 8.91. The second-order valence-electron chi connectivity index (χ2n) is 6.62. The number of nitrogens with one attached hydrogen (secondary N) is 1. The van der Waals surface area contributed by atoms with Crippen LogP contribution >= 0.6 is 0 Å². The summed E-state index contributed by atoms with van der Waals surface area (Å²) in [6, 6.07) is 17.6. The highest BCUT2D eigenvalue weighted by Gasteiger charge is 2.32. The van der Waals surface area contributed by atoms with Crippen LogP contribution in [0.1, 0.15) is 12.8 Å². The minimum atomic E-state index is -0.0457. The molecule has 130 valence electrons. The lowest BCUT2D eigenvalue weighted by molar-refractivity contribution is 0.124. The van der Waals surface area contributed by atoms with E-state index in [1.54, 1.807) is 0 Å². The van der Waals surface area contributed by atoms with Crippen LogP contribution in [0.4, 0.5) is 10.5 Å². The number of rotatable bonds is 3. The highest BCUT2D eigenvalue weighted by Crippen LogP contribution is 2.30. The van der Waals surface area contributed by atoms with E-state index >= 15 is 0 Å². The van der Waals surface area contributed by atoms with E-state index in [9.17, 15) is 4.79 Å². The van der Waals surface area contributed by atoms with Gasteiger partial charge in [-0.2, -0.15) is 0 Å². The summed E-state index contributed by atoms with van der Waals surface area (Å²) in [4.78, 5) is 17.1. The molecule has 1 atom stereocenters. The van der Waals surface area contributed by atoms with Crippen LogP contribution in [-0.4, -0.2) is 48.1 Å². The number of carbonyl (C=O) groups excluding carboxylic acids is 1. The molecular formula is C20H23N3O2. The Hall–Kier alpha value is -2.53. The molecule has 2 aromatic rings. The zero-order chi connectivity index (χ0) is 17.1. The molecule has 0 radical (unpaired) electrons. The fourth-order valence-corrected chi connectivity index (χ4v) is 3.64. The third-order valence-corrected chi connectivity index (χ3v) is 4.97. The van der Waals surface area contributed by atoms with E-state index in [0.717, 1.165) is 25.4 Å². The highest BCUT2D eigenvalue weighted by molar-refractivity contribution is 5.91. The number of hydrogen-bond donors (Lipinski definition) is 1. The fraction of sp³-hybridized carbons (Fsp3) is 0.350. The van der Waals surface area contributed by atoms with Gasteiger partial charge in [-0.25, -0.2) is 4.79 Å². The second-order valence-corrected chi connectivity index (χ2v) is 6.62. The maximum Gasteiger partial charge on any atom is 0.322 e. The normalized spacial score (nSPS) is 20.2. The van der Waals surface area contributed by atoms with Crippen LogP contribution in [0.25, 0.3) is 0 Å². The highest BCUT2D eigenvalue weighted by atomic mass is 16.5. The van der Waals surface area contributed by atoms with Crippen molar-refractivity contribution in [2.45, 2.75) is 18.9 Å². The van der Waals surface area contributed by atoms with Gasteiger partial charge in [-0.15, -0.1) is 0 Å². The first kappa shape index (κ1) is 16.0. The molecule has 2 heterocycles. The summed E-state index contributed by atoms with van der Waals surface area (Å²) in [6.07, 6.45) is 2.44. The number of carbonyl (C=O) groups is 1. The number of piperazine rings is 1. The molecule has 5 nitrogen and oxygen atoms in total. The average molecular weight is 337 g/mol. The van der Waals surface area contributed by atoms with Crippen molar-refractivity contribution in [2.75, 3.05) is 31.5 Å². The molecule has 2 aromatic carbocycles. The SMILES string of the molecule is O=C(Nc1ccccc1Oc1ccccc1)N1CCN2CCC[C@H]2C1. The van der Waals surface area contributed by atoms with Crippen molar-refractivity contribution in [1.29, 1.82) is 0 Å². The molecule has 4 rings (SSSR count). The number of fused-ring (bicyclic) bond motifs is 1. The van der Waals surface area contributed by atoms with Gasteiger partial charge in [0.25, 0.3) is 0 Å². The van der Waals surface area contributed by atoms with E-state index in [4.69, 9.17) is 4.74 Å². The predicted molar refractivity (Wildman–Crippen MR) is 98.1 cm³/mol. The lowest BCUT2D eigenvalue weighted by atomic mass is 10.1. The van der Waals surface area contributed by atoms with Gasteiger partial charge in [-0.3, -0.25) is 4.90 Å². The van der Waals surface area contributed by atoms with Crippen molar-refractivity contribution in [3.05, 3.63) is 54.6 Å². The van der Waals surface area contributed by atoms with Crippen LogP contribution in [0.15, 0.2) is 54.6 Å². The maximum absolute atomic E-state index is 12.7. The Bertz CT molecular complexity index is 735. The van der Waals surface area contributed by atoms with Crippen molar-refractivity contribution >= 4 is 11.7 Å². The van der Waals surface area contributed by atoms with Crippen LogP contribution in [0.5, 0.6) is 11.5 Å². The summed E-state index contributed by atoms with van der Waals surface area (Å²) < 4.78 is 5.93. The quantitative estimate of drug-likeness (QED) is 0.927. The molecule has 2 aliphatic heterocycles. The van der Waals surface area contributed by atoms with Gasteiger partial charge in [0.2, 0.25) is 0 Å². The topological polar surface area (TPSA) is 44.8 Å². The molecular weight excluding hydrogens is 314 g/mol. The Labute approximate surface area is 148 Å². The van der Waals surface area contributed by atoms with Crippen LogP contribution < -0.4 is 10.1 Å². The van der Waals surface area contributed by atoms with Gasteiger partial charge in [-0.05, 0) is 43.7 Å². The molecule has 1 N–H and O–H groups in total. The van der Waals surface area contributed by atoms with E-state index in [2.05, 4.69) is 10.2 Å². The lowest BCUT2D eigenvalue weighted by Gasteiger charge is -2.37. The number of anilines is 1. The predicted octanol–water partition coefficient (Wildman–Crippen LogP) is 3.79. The molecule has 0 spiro atoms. The zero-order valence-electron chi connectivity index (χ0n) is 14.2. The van der Waals surface area contributed by atoms with Crippen LogP contribution in [0.3, 0.4) is 0 Å². The van der Waals surface area contributed by atoms with Crippen LogP contribution in [-0.2, 0) is 0 Å². The molecule has 25 heavy (non-hydrogen) atoms. The molecule has 2 amide bonds. The van der Waals surface area contributed by atoms with Gasteiger partial charge in [0.1, 0.15) is 5.75 Å². The number of hydrogen-bond acceptors (Lipinski definition) is 3. The fourth-order valence-electron chi connectivity index (χ4n) is 3.64. The molecule has 0 saturated carbocycles. The number of urea groups is 1. The van der Waals surface area contributed by atoms with Gasteiger partial charge >= 0.3 is 6.03 Å². The smallest absolute Gasteiger partial charge is 0.322 e. The third-order valence-electron chi connectivity index (χ3n) is 4.97. The van der Waals surface area contributed by atoms with E-state index < -0.39 is 0 Å². The first-order chi connectivity index (χ1) is 12.3. The number of para-hydroxylation sites is 3. The Morgan fingerprint density at radius 3 is 2.68 bits per heavy atom. The molecule has 0 aromatic heterocycles. The molecule has 5 heteroatoms. The number of amides is 2. The van der Waals surface area contributed by atoms with E-state index in [-0.39, 0.29) is 6.03 Å². The molecule has 2 aliphatic rings. The Balaban J connectivity index is 1.44. The van der Waals surface area contributed by atoms with Crippen molar-refractivity contribution in [2.24, 2.45) is 0 Å². The lowest BCUT2D eigenvalue weighted by Crippen LogP contribution is -2.53. The number of benzene rings is 2. The molecule has 2 saturated heterocycles. The van der Waals surface area contributed by atoms with Crippen LogP contribution in [0.2, 0.25) is 0 Å². The van der Waals surface area contributed by atoms with Gasteiger partial charge < -0.3 is 15.0 Å². The van der Waals surface area contributed by atoms with Gasteiger partial charge in [0.05, 0.1) is 5.69 Å². The van der Waals surface area contributed by atoms with E-state index in [0.29, 0.717) is 17.5 Å². The van der Waals surface area contributed by atoms with Crippen molar-refractivity contribution in [3.63, 3.8) is 0 Å². The molecule has 2 fully saturated rings. The summed E-state index contributed by atoms with van der Waals surface area (Å²) in [5, 5.41) is 3.02. The standard InChI is InChI=1S/C20H23N3O2/c24-20(23-14-13-22-12-6-7-16(22)15-23)21-18-10-4-5-11-19(18)25-17-8-2-1-3-9-17/h1-5,8-11,16H,6-7,12-15H2,(H,21,24)/t16-/m0/s1. The van der Waals surface area contributed by atoms with Gasteiger partial charge in [-0.1, -0.05) is 30.3 Å². The monoisotopic (exact) mass is 337 g/mol. The minimum Gasteiger partial charge on any atom is -0.455 e. The number of nitrogens with zero attached hydrogens (tertiary/aromatic N) is 2. The Kier molecular flexibility index (Phi) is 4.57. The van der Waals surface area contributed by atoms with E-state index in [1.165, 1.54) is 19.4 Å². The maximum atomic E-state index is 12.7. The van der Waals surface area contributed by atoms with Crippen molar-refractivity contribution < 1.29 is 9.53 Å². The summed E-state index contributed by atoms with van der Waals surface area (Å²) >= 11 is 0. The summed E-state index contributed by atoms with van der Waals surface area (Å²) in [7, 11) is 0. The average Bonchev–Trinajstić information content (AvgIpc) is 3.12. The Morgan fingerprint density at radius 1 is 1.00 bits per heavy atom. The zero-order valence-corrected chi connectivity index (χ0v) is 14.2. The summed E-state index contributed by atoms with van der Waals surface area (Å²) in [5.74, 6) is 1.41. The Morgan fingerprint density at radius 2 is 1.80 bits per heavy atom. The largest absolute Gasteiger partial charge is 0.455 e. The molecule has 0 bridgehead atoms. The molecule has 0 unspecified atom stereocenters. The van der Waals surface area contributed by atoms with Gasteiger partial charge in [0.15, 0.2) is 5.75 Å². The second kappa shape index (κ2) is 7.15. The van der Waals surface area contributed by atoms with E-state index in [1.807, 2.05) is 59.5 Å². The molecule has 0 aliphatic carbocycles. The first-order valence-corrected chi connectivity index (χ1v) is 8.91. The summed E-state index contributed by atoms with van der Waals surface area (Å²) in [6.45, 7) is 3.74. The minimum absolute atomic E-state index is 0.0457. The number of ether oxygens (including phenoxy) is 1.